The molecular formula is C32H23N5O7S3. The Morgan fingerprint density at radius 2 is 1.83 bits per heavy atom. The Labute approximate surface area is 279 Å². The third kappa shape index (κ3) is 6.04. The van der Waals surface area contributed by atoms with Gasteiger partial charge in [0.15, 0.2) is 9.51 Å². The molecule has 0 radical (unpaired) electrons. The van der Waals surface area contributed by atoms with Gasteiger partial charge in [0.2, 0.25) is 11.8 Å². The second kappa shape index (κ2) is 12.4. The lowest BCUT2D eigenvalue weighted by molar-refractivity contribution is -0.387. The number of thiazole rings is 1. The number of benzene rings is 3. The summed E-state index contributed by atoms with van der Waals surface area (Å²) in [4.78, 5) is 72.5. The van der Waals surface area contributed by atoms with Crippen molar-refractivity contribution in [2.45, 2.75) is 34.9 Å². The van der Waals surface area contributed by atoms with Gasteiger partial charge in [-0.3, -0.25) is 29.4 Å². The fourth-order valence-corrected chi connectivity index (χ4v) is 8.88. The van der Waals surface area contributed by atoms with Gasteiger partial charge in [-0.1, -0.05) is 36.7 Å². The summed E-state index contributed by atoms with van der Waals surface area (Å²) in [5.74, 6) is -2.33. The van der Waals surface area contributed by atoms with E-state index >= 15 is 0 Å². The second-order valence-electron chi connectivity index (χ2n) is 11.1. The van der Waals surface area contributed by atoms with Crippen LogP contribution >= 0.6 is 34.9 Å². The molecule has 3 amide bonds. The molecule has 3 aromatic carbocycles. The van der Waals surface area contributed by atoms with Crippen molar-refractivity contribution in [2.24, 2.45) is 16.8 Å². The molecule has 3 heterocycles. The lowest BCUT2D eigenvalue weighted by Gasteiger charge is -2.19. The number of aromatic carboxylic acids is 1. The number of nitro groups is 1. The third-order valence-electron chi connectivity index (χ3n) is 8.10. The first-order valence-corrected chi connectivity index (χ1v) is 17.0. The highest BCUT2D eigenvalue weighted by Crippen LogP contribution is 2.43. The van der Waals surface area contributed by atoms with E-state index in [0.29, 0.717) is 31.7 Å². The summed E-state index contributed by atoms with van der Waals surface area (Å²) in [5, 5.41) is 24.1. The van der Waals surface area contributed by atoms with Crippen molar-refractivity contribution in [3.8, 4) is 0 Å². The Bertz CT molecular complexity index is 2070. The molecule has 0 unspecified atom stereocenters. The zero-order valence-corrected chi connectivity index (χ0v) is 26.7. The monoisotopic (exact) mass is 685 g/mol. The number of amidine groups is 1. The van der Waals surface area contributed by atoms with Crippen LogP contribution in [0.2, 0.25) is 0 Å². The van der Waals surface area contributed by atoms with E-state index in [-0.39, 0.29) is 45.0 Å². The number of anilines is 1. The minimum absolute atomic E-state index is 0.0603. The van der Waals surface area contributed by atoms with Crippen LogP contribution in [0.3, 0.4) is 0 Å². The number of hydrogen-bond donors (Lipinski definition) is 2. The zero-order chi connectivity index (χ0) is 32.8. The van der Waals surface area contributed by atoms with Gasteiger partial charge in [0.25, 0.3) is 11.6 Å². The van der Waals surface area contributed by atoms with Crippen molar-refractivity contribution in [1.82, 2.24) is 10.3 Å². The van der Waals surface area contributed by atoms with E-state index in [1.54, 1.807) is 42.5 Å². The summed E-state index contributed by atoms with van der Waals surface area (Å²) in [6.45, 7) is 0. The quantitative estimate of drug-likeness (QED) is 0.0931. The fourth-order valence-electron chi connectivity index (χ4n) is 5.90. The largest absolute Gasteiger partial charge is 0.478 e. The van der Waals surface area contributed by atoms with Gasteiger partial charge >= 0.3 is 5.97 Å². The minimum atomic E-state index is -1.10. The zero-order valence-electron chi connectivity index (χ0n) is 24.2. The predicted octanol–water partition coefficient (Wildman–Crippen LogP) is 6.63. The van der Waals surface area contributed by atoms with Crippen molar-refractivity contribution >= 4 is 97.1 Å². The van der Waals surface area contributed by atoms with E-state index in [9.17, 15) is 34.4 Å². The molecule has 3 aliphatic rings. The van der Waals surface area contributed by atoms with E-state index in [2.05, 4.69) is 15.3 Å². The van der Waals surface area contributed by atoms with Crippen LogP contribution in [0.5, 0.6) is 0 Å². The SMILES string of the molecule is O=C1NC(=Nc2cccc(C(=O)O)c2)S/C1=C\c1ccc(Sc2nc3ccc(N4C(=O)[C@H]5CCCC[C@H]5C4=O)cc3s2)c([N+](=O)[O-])c1. The first kappa shape index (κ1) is 30.8. The number of aliphatic imine (C=N–C) groups is 1. The first-order chi connectivity index (χ1) is 22.6. The van der Waals surface area contributed by atoms with Crippen molar-refractivity contribution < 1.29 is 29.2 Å². The summed E-state index contributed by atoms with van der Waals surface area (Å²) in [7, 11) is 0. The molecule has 1 aromatic heterocycles. The number of imide groups is 1. The molecule has 3 fully saturated rings. The molecule has 47 heavy (non-hydrogen) atoms. The Hall–Kier alpha value is -4.86. The number of hydrogen-bond acceptors (Lipinski definition) is 11. The number of amides is 3. The van der Waals surface area contributed by atoms with Gasteiger partial charge in [-0.25, -0.2) is 14.8 Å². The number of thioether (sulfide) groups is 1. The Balaban J connectivity index is 1.10. The molecule has 7 rings (SSSR count). The molecule has 2 atom stereocenters. The van der Waals surface area contributed by atoms with Crippen LogP contribution in [0, 0.1) is 22.0 Å². The number of nitro benzene ring substituents is 1. The highest BCUT2D eigenvalue weighted by Gasteiger charge is 2.48. The Morgan fingerprint density at radius 1 is 1.06 bits per heavy atom. The van der Waals surface area contributed by atoms with Gasteiger partial charge in [0, 0.05) is 6.07 Å². The standard InChI is InChI=1S/C32H23N5O7S3/c38-27-26(45-31(35-27)33-18-5-3-4-17(14-18)30(41)42)13-16-8-11-24(23(12-16)37(43)44)46-32-34-22-10-9-19(15-25(22)47-32)36-28(39)20-6-1-2-7-21(20)29(36)40/h3-5,8-15,20-21H,1-2,6-7H2,(H,41,42)(H,33,35,38)/b26-13-/t20-,21+. The smallest absolute Gasteiger partial charge is 0.335 e. The van der Waals surface area contributed by atoms with Gasteiger partial charge in [0.1, 0.15) is 0 Å². The number of rotatable bonds is 7. The molecule has 2 aliphatic heterocycles. The van der Waals surface area contributed by atoms with E-state index in [1.807, 2.05) is 0 Å². The predicted molar refractivity (Wildman–Crippen MR) is 179 cm³/mol. The average Bonchev–Trinajstić information content (AvgIpc) is 3.69. The number of fused-ring (bicyclic) bond motifs is 2. The summed E-state index contributed by atoms with van der Waals surface area (Å²) >= 11 is 3.48. The number of nitrogens with zero attached hydrogens (tertiary/aromatic N) is 4. The van der Waals surface area contributed by atoms with E-state index in [4.69, 9.17) is 0 Å². The van der Waals surface area contributed by atoms with Crippen LogP contribution in [0.25, 0.3) is 16.3 Å². The van der Waals surface area contributed by atoms with Crippen LogP contribution in [-0.4, -0.2) is 43.9 Å². The normalized spacial score (nSPS) is 21.1. The van der Waals surface area contributed by atoms with Gasteiger partial charge in [0.05, 0.1) is 53.7 Å². The highest BCUT2D eigenvalue weighted by molar-refractivity contribution is 8.18. The van der Waals surface area contributed by atoms with Crippen molar-refractivity contribution in [3.05, 3.63) is 86.8 Å². The maximum Gasteiger partial charge on any atom is 0.335 e. The summed E-state index contributed by atoms with van der Waals surface area (Å²) in [5.41, 5.74) is 1.85. The molecule has 236 valence electrons. The number of carboxylic acid groups (broad SMARTS) is 1. The lowest BCUT2D eigenvalue weighted by Crippen LogP contribution is -2.30. The molecule has 0 bridgehead atoms. The lowest BCUT2D eigenvalue weighted by atomic mass is 9.81. The molecule has 0 spiro atoms. The number of nitrogens with one attached hydrogen (secondary N) is 1. The van der Waals surface area contributed by atoms with Crippen LogP contribution in [-0.2, 0) is 14.4 Å². The molecular weight excluding hydrogens is 663 g/mol. The van der Waals surface area contributed by atoms with Crippen molar-refractivity contribution in [2.75, 3.05) is 4.90 Å². The molecule has 2 N–H and O–H groups in total. The van der Waals surface area contributed by atoms with Crippen molar-refractivity contribution in [3.63, 3.8) is 0 Å². The van der Waals surface area contributed by atoms with Gasteiger partial charge in [-0.05, 0) is 78.7 Å². The molecule has 12 nitrogen and oxygen atoms in total. The molecule has 15 heteroatoms. The maximum absolute atomic E-state index is 13.1. The minimum Gasteiger partial charge on any atom is -0.478 e. The van der Waals surface area contributed by atoms with E-state index in [0.717, 1.165) is 53.9 Å². The van der Waals surface area contributed by atoms with E-state index in [1.165, 1.54) is 40.5 Å². The molecule has 4 aromatic rings. The Kier molecular flexibility index (Phi) is 8.11. The van der Waals surface area contributed by atoms with E-state index < -0.39 is 16.8 Å². The summed E-state index contributed by atoms with van der Waals surface area (Å²) in [6.07, 6.45) is 4.88. The molecule has 1 saturated carbocycles. The summed E-state index contributed by atoms with van der Waals surface area (Å²) < 4.78 is 1.30. The topological polar surface area (TPSA) is 172 Å². The van der Waals surface area contributed by atoms with Gasteiger partial charge in [-0.2, -0.15) is 0 Å². The number of carbonyl (C=O) groups excluding carboxylic acids is 3. The Morgan fingerprint density at radius 3 is 2.55 bits per heavy atom. The number of aromatic nitrogens is 1. The van der Waals surface area contributed by atoms with Crippen LogP contribution in [0.15, 0.2) is 79.8 Å². The fraction of sp³-hybridized carbons (Fsp3) is 0.188. The van der Waals surface area contributed by atoms with Crippen molar-refractivity contribution in [1.29, 1.82) is 0 Å². The van der Waals surface area contributed by atoms with Crippen LogP contribution in [0.4, 0.5) is 17.1 Å². The first-order valence-electron chi connectivity index (χ1n) is 14.5. The van der Waals surface area contributed by atoms with Crippen LogP contribution < -0.4 is 10.2 Å². The van der Waals surface area contributed by atoms with Gasteiger partial charge in [-0.15, -0.1) is 11.3 Å². The highest BCUT2D eigenvalue weighted by atomic mass is 32.2. The van der Waals surface area contributed by atoms with Crippen LogP contribution in [0.1, 0.15) is 41.6 Å². The maximum atomic E-state index is 13.1. The second-order valence-corrected chi connectivity index (χ2v) is 14.4. The number of carbonyl (C=O) groups is 4. The summed E-state index contributed by atoms with van der Waals surface area (Å²) in [6, 6.07) is 15.9. The average molecular weight is 686 g/mol. The van der Waals surface area contributed by atoms with Gasteiger partial charge < -0.3 is 10.4 Å². The third-order valence-corrected chi connectivity index (χ3v) is 11.2. The molecule has 1 aliphatic carbocycles. The number of carboxylic acids is 1. The molecule has 2 saturated heterocycles.